The van der Waals surface area contributed by atoms with Gasteiger partial charge >= 0.3 is 0 Å². The van der Waals surface area contributed by atoms with Crippen molar-refractivity contribution in [2.45, 2.75) is 11.4 Å². The summed E-state index contributed by atoms with van der Waals surface area (Å²) in [4.78, 5) is -0.0637. The lowest BCUT2D eigenvalue weighted by atomic mass is 10.2. The van der Waals surface area contributed by atoms with E-state index in [0.29, 0.717) is 5.56 Å². The van der Waals surface area contributed by atoms with Crippen molar-refractivity contribution in [3.8, 4) is 0 Å². The number of hydrogen-bond donors (Lipinski definition) is 2. The monoisotopic (exact) mass is 298 g/mol. The van der Waals surface area contributed by atoms with Gasteiger partial charge in [-0.2, -0.15) is 0 Å². The number of sulfonamides is 1. The maximum Gasteiger partial charge on any atom is 0.262 e. The molecule has 2 aromatic rings. The van der Waals surface area contributed by atoms with Crippen LogP contribution in [-0.4, -0.2) is 8.42 Å². The van der Waals surface area contributed by atoms with Crippen molar-refractivity contribution in [3.05, 3.63) is 59.7 Å². The van der Waals surface area contributed by atoms with Crippen LogP contribution < -0.4 is 10.5 Å². The maximum absolute atomic E-state index is 13.5. The van der Waals surface area contributed by atoms with Crippen molar-refractivity contribution in [2.24, 2.45) is 5.73 Å². The van der Waals surface area contributed by atoms with Crippen LogP contribution in [0.5, 0.6) is 0 Å². The minimum atomic E-state index is -4.03. The minimum Gasteiger partial charge on any atom is -0.326 e. The van der Waals surface area contributed by atoms with Gasteiger partial charge in [0.15, 0.2) is 0 Å². The smallest absolute Gasteiger partial charge is 0.262 e. The van der Waals surface area contributed by atoms with Gasteiger partial charge in [-0.1, -0.05) is 18.2 Å². The first kappa shape index (κ1) is 14.4. The summed E-state index contributed by atoms with van der Waals surface area (Å²) in [6, 6.07) is 8.60. The minimum absolute atomic E-state index is 0.0166. The van der Waals surface area contributed by atoms with Gasteiger partial charge in [-0.3, -0.25) is 4.72 Å². The standard InChI is InChI=1S/C13H12F2N2O2S/c14-10-5-6-11(15)12(7-10)17-20(18,19)13-4-2-1-3-9(13)8-16/h1-7,17H,8,16H2. The zero-order valence-corrected chi connectivity index (χ0v) is 11.1. The third-order valence-electron chi connectivity index (χ3n) is 2.65. The lowest BCUT2D eigenvalue weighted by molar-refractivity contribution is 0.593. The number of rotatable bonds is 4. The van der Waals surface area contributed by atoms with Gasteiger partial charge in [0.05, 0.1) is 10.6 Å². The summed E-state index contributed by atoms with van der Waals surface area (Å²) in [5.74, 6) is -1.60. The van der Waals surface area contributed by atoms with Crippen molar-refractivity contribution in [1.82, 2.24) is 0 Å². The Morgan fingerprint density at radius 1 is 1.10 bits per heavy atom. The first-order valence-corrected chi connectivity index (χ1v) is 7.18. The molecule has 0 bridgehead atoms. The molecular formula is C13H12F2N2O2S. The highest BCUT2D eigenvalue weighted by molar-refractivity contribution is 7.92. The molecule has 2 aromatic carbocycles. The van der Waals surface area contributed by atoms with Crippen LogP contribution in [0.3, 0.4) is 0 Å². The van der Waals surface area contributed by atoms with Crippen molar-refractivity contribution in [3.63, 3.8) is 0 Å². The van der Waals surface area contributed by atoms with Gasteiger partial charge in [-0.05, 0) is 23.8 Å². The van der Waals surface area contributed by atoms with Gasteiger partial charge in [0.2, 0.25) is 0 Å². The van der Waals surface area contributed by atoms with Gasteiger partial charge in [0.25, 0.3) is 10.0 Å². The highest BCUT2D eigenvalue weighted by Gasteiger charge is 2.19. The largest absolute Gasteiger partial charge is 0.326 e. The first-order chi connectivity index (χ1) is 9.44. The van der Waals surface area contributed by atoms with Crippen LogP contribution >= 0.6 is 0 Å². The van der Waals surface area contributed by atoms with Crippen molar-refractivity contribution >= 4 is 15.7 Å². The molecule has 0 saturated heterocycles. The number of anilines is 1. The summed E-state index contributed by atoms with van der Waals surface area (Å²) in [6.45, 7) is 0.0166. The quantitative estimate of drug-likeness (QED) is 0.909. The van der Waals surface area contributed by atoms with E-state index in [2.05, 4.69) is 0 Å². The van der Waals surface area contributed by atoms with Crippen LogP contribution in [0.2, 0.25) is 0 Å². The molecule has 20 heavy (non-hydrogen) atoms. The van der Waals surface area contributed by atoms with E-state index in [9.17, 15) is 17.2 Å². The van der Waals surface area contributed by atoms with Gasteiger partial charge < -0.3 is 5.73 Å². The Hall–Kier alpha value is -1.99. The van der Waals surface area contributed by atoms with Crippen LogP contribution in [0.25, 0.3) is 0 Å². The van der Waals surface area contributed by atoms with Gasteiger partial charge in [0, 0.05) is 12.6 Å². The summed E-state index contributed by atoms with van der Waals surface area (Å²) in [6.07, 6.45) is 0. The van der Waals surface area contributed by atoms with E-state index in [1.807, 2.05) is 4.72 Å². The SMILES string of the molecule is NCc1ccccc1S(=O)(=O)Nc1cc(F)ccc1F. The molecule has 106 valence electrons. The maximum atomic E-state index is 13.5. The lowest BCUT2D eigenvalue weighted by Crippen LogP contribution is -2.17. The highest BCUT2D eigenvalue weighted by Crippen LogP contribution is 2.22. The third kappa shape index (κ3) is 2.94. The zero-order valence-electron chi connectivity index (χ0n) is 10.3. The van der Waals surface area contributed by atoms with E-state index in [1.54, 1.807) is 12.1 Å². The molecule has 0 aliphatic rings. The zero-order chi connectivity index (χ0) is 14.8. The molecule has 0 atom stereocenters. The number of hydrogen-bond acceptors (Lipinski definition) is 3. The number of benzene rings is 2. The summed E-state index contributed by atoms with van der Waals surface area (Å²) >= 11 is 0. The molecule has 0 spiro atoms. The average Bonchev–Trinajstić information content (AvgIpc) is 2.42. The van der Waals surface area contributed by atoms with E-state index < -0.39 is 27.3 Å². The Bertz CT molecular complexity index is 733. The van der Waals surface area contributed by atoms with E-state index in [0.717, 1.165) is 18.2 Å². The first-order valence-electron chi connectivity index (χ1n) is 5.70. The topological polar surface area (TPSA) is 72.2 Å². The van der Waals surface area contributed by atoms with Crippen LogP contribution in [0.1, 0.15) is 5.56 Å². The molecule has 2 rings (SSSR count). The van der Waals surface area contributed by atoms with Gasteiger partial charge in [-0.25, -0.2) is 17.2 Å². The van der Waals surface area contributed by atoms with Gasteiger partial charge in [-0.15, -0.1) is 0 Å². The van der Waals surface area contributed by atoms with E-state index >= 15 is 0 Å². The summed E-state index contributed by atoms with van der Waals surface area (Å²) in [5, 5.41) is 0. The summed E-state index contributed by atoms with van der Waals surface area (Å²) in [5.41, 5.74) is 5.41. The Morgan fingerprint density at radius 3 is 2.50 bits per heavy atom. The predicted octanol–water partition coefficient (Wildman–Crippen LogP) is 2.22. The summed E-state index contributed by atoms with van der Waals surface area (Å²) < 4.78 is 52.9. The fourth-order valence-corrected chi connectivity index (χ4v) is 3.02. The fraction of sp³-hybridized carbons (Fsp3) is 0.0769. The predicted molar refractivity (Wildman–Crippen MR) is 71.5 cm³/mol. The second kappa shape index (κ2) is 5.56. The molecule has 0 unspecified atom stereocenters. The van der Waals surface area contributed by atoms with E-state index in [-0.39, 0.29) is 11.4 Å². The Labute approximate surface area is 115 Å². The highest BCUT2D eigenvalue weighted by atomic mass is 32.2. The Balaban J connectivity index is 2.43. The molecule has 0 aromatic heterocycles. The number of halogens is 2. The van der Waals surface area contributed by atoms with E-state index in [1.165, 1.54) is 12.1 Å². The molecule has 0 aliphatic carbocycles. The second-order valence-corrected chi connectivity index (χ2v) is 5.69. The average molecular weight is 298 g/mol. The van der Waals surface area contributed by atoms with Crippen LogP contribution in [-0.2, 0) is 16.6 Å². The fourth-order valence-electron chi connectivity index (χ4n) is 1.71. The van der Waals surface area contributed by atoms with Crippen LogP contribution in [0, 0.1) is 11.6 Å². The van der Waals surface area contributed by atoms with Crippen LogP contribution in [0.4, 0.5) is 14.5 Å². The number of nitrogens with two attached hydrogens (primary N) is 1. The molecule has 0 saturated carbocycles. The molecule has 4 nitrogen and oxygen atoms in total. The second-order valence-electron chi connectivity index (χ2n) is 4.04. The van der Waals surface area contributed by atoms with Crippen molar-refractivity contribution in [1.29, 1.82) is 0 Å². The normalized spacial score (nSPS) is 11.3. The molecule has 0 fully saturated rings. The Morgan fingerprint density at radius 2 is 1.80 bits per heavy atom. The number of nitrogens with one attached hydrogen (secondary N) is 1. The molecule has 7 heteroatoms. The Kier molecular flexibility index (Phi) is 4.01. The lowest BCUT2D eigenvalue weighted by Gasteiger charge is -2.11. The molecule has 0 aliphatic heterocycles. The van der Waals surface area contributed by atoms with Gasteiger partial charge in [0.1, 0.15) is 11.6 Å². The third-order valence-corrected chi connectivity index (χ3v) is 4.12. The van der Waals surface area contributed by atoms with Crippen molar-refractivity contribution < 1.29 is 17.2 Å². The van der Waals surface area contributed by atoms with Crippen LogP contribution in [0.15, 0.2) is 47.4 Å². The molecule has 0 amide bonds. The van der Waals surface area contributed by atoms with Crippen molar-refractivity contribution in [2.75, 3.05) is 4.72 Å². The molecule has 0 radical (unpaired) electrons. The molecular weight excluding hydrogens is 286 g/mol. The summed E-state index contributed by atoms with van der Waals surface area (Å²) in [7, 11) is -4.03. The molecule has 0 heterocycles. The van der Waals surface area contributed by atoms with E-state index in [4.69, 9.17) is 5.73 Å². The molecule has 3 N–H and O–H groups in total.